The highest BCUT2D eigenvalue weighted by molar-refractivity contribution is 7.17. The summed E-state index contributed by atoms with van der Waals surface area (Å²) in [6.07, 6.45) is 0.865. The van der Waals surface area contributed by atoms with Gasteiger partial charge in [-0.3, -0.25) is 0 Å². The van der Waals surface area contributed by atoms with Gasteiger partial charge in [-0.15, -0.1) is 11.3 Å². The Labute approximate surface area is 117 Å². The van der Waals surface area contributed by atoms with Crippen LogP contribution in [0.5, 0.6) is 0 Å². The van der Waals surface area contributed by atoms with Crippen LogP contribution in [0.3, 0.4) is 0 Å². The van der Waals surface area contributed by atoms with E-state index in [2.05, 4.69) is 45.6 Å². The van der Waals surface area contributed by atoms with Gasteiger partial charge in [0.15, 0.2) is 0 Å². The molecule has 102 valence electrons. The standard InChI is InChI=1S/C14H19N3OS/c1-15-8-9-17-14(18)16-7-6-11-10-19-13-5-3-2-4-12(11)13/h2-5,10,15H,6-9H2,1H3,(H2,16,17,18). The Morgan fingerprint density at radius 1 is 1.16 bits per heavy atom. The van der Waals surface area contributed by atoms with E-state index in [1.807, 2.05) is 7.05 Å². The molecule has 0 saturated heterocycles. The fraction of sp³-hybridized carbons (Fsp3) is 0.357. The molecule has 0 bridgehead atoms. The first-order valence-corrected chi connectivity index (χ1v) is 7.30. The van der Waals surface area contributed by atoms with Crippen LogP contribution in [0.15, 0.2) is 29.6 Å². The Hall–Kier alpha value is -1.59. The van der Waals surface area contributed by atoms with E-state index in [0.29, 0.717) is 13.1 Å². The van der Waals surface area contributed by atoms with Crippen molar-refractivity contribution in [3.05, 3.63) is 35.2 Å². The quantitative estimate of drug-likeness (QED) is 0.707. The smallest absolute Gasteiger partial charge is 0.314 e. The minimum Gasteiger partial charge on any atom is -0.338 e. The van der Waals surface area contributed by atoms with Crippen molar-refractivity contribution in [3.8, 4) is 0 Å². The molecule has 0 aliphatic heterocycles. The number of rotatable bonds is 6. The van der Waals surface area contributed by atoms with Crippen LogP contribution in [0, 0.1) is 0 Å². The van der Waals surface area contributed by atoms with Crippen LogP contribution in [-0.2, 0) is 6.42 Å². The average Bonchev–Trinajstić information content (AvgIpc) is 2.83. The largest absolute Gasteiger partial charge is 0.338 e. The van der Waals surface area contributed by atoms with Gasteiger partial charge in [-0.2, -0.15) is 0 Å². The van der Waals surface area contributed by atoms with Crippen molar-refractivity contribution in [3.63, 3.8) is 0 Å². The van der Waals surface area contributed by atoms with Gasteiger partial charge >= 0.3 is 6.03 Å². The predicted octanol–water partition coefficient (Wildman–Crippen LogP) is 1.96. The zero-order chi connectivity index (χ0) is 13.5. The molecule has 5 heteroatoms. The third-order valence-electron chi connectivity index (χ3n) is 2.90. The molecule has 1 aromatic heterocycles. The number of carbonyl (C=O) groups is 1. The Kier molecular flexibility index (Phi) is 5.18. The second-order valence-electron chi connectivity index (χ2n) is 4.29. The topological polar surface area (TPSA) is 53.2 Å². The van der Waals surface area contributed by atoms with Gasteiger partial charge < -0.3 is 16.0 Å². The first-order chi connectivity index (χ1) is 9.31. The summed E-state index contributed by atoms with van der Waals surface area (Å²) in [5, 5.41) is 12.1. The third-order valence-corrected chi connectivity index (χ3v) is 3.91. The number of hydrogen-bond donors (Lipinski definition) is 3. The van der Waals surface area contributed by atoms with Gasteiger partial charge in [0.1, 0.15) is 0 Å². The molecule has 3 N–H and O–H groups in total. The number of urea groups is 1. The van der Waals surface area contributed by atoms with Crippen molar-refractivity contribution in [2.75, 3.05) is 26.7 Å². The van der Waals surface area contributed by atoms with Crippen molar-refractivity contribution < 1.29 is 4.79 Å². The zero-order valence-electron chi connectivity index (χ0n) is 11.0. The number of carbonyl (C=O) groups excluding carboxylic acids is 1. The minimum absolute atomic E-state index is 0.102. The summed E-state index contributed by atoms with van der Waals surface area (Å²) in [5.74, 6) is 0. The molecular weight excluding hydrogens is 258 g/mol. The predicted molar refractivity (Wildman–Crippen MR) is 80.9 cm³/mol. The average molecular weight is 277 g/mol. The highest BCUT2D eigenvalue weighted by atomic mass is 32.1. The summed E-state index contributed by atoms with van der Waals surface area (Å²) >= 11 is 1.75. The minimum atomic E-state index is -0.102. The van der Waals surface area contributed by atoms with Crippen LogP contribution in [0.1, 0.15) is 5.56 Å². The van der Waals surface area contributed by atoms with E-state index in [1.165, 1.54) is 15.6 Å². The van der Waals surface area contributed by atoms with Gasteiger partial charge in [-0.25, -0.2) is 4.79 Å². The maximum atomic E-state index is 11.5. The summed E-state index contributed by atoms with van der Waals surface area (Å²) in [6.45, 7) is 2.08. The molecule has 2 aromatic rings. The zero-order valence-corrected chi connectivity index (χ0v) is 11.8. The molecule has 0 unspecified atom stereocenters. The third kappa shape index (κ3) is 3.94. The van der Waals surface area contributed by atoms with E-state index in [4.69, 9.17) is 0 Å². The van der Waals surface area contributed by atoms with Crippen LogP contribution in [0.25, 0.3) is 10.1 Å². The first kappa shape index (κ1) is 13.8. The number of amides is 2. The number of hydrogen-bond acceptors (Lipinski definition) is 3. The molecule has 0 spiro atoms. The summed E-state index contributed by atoms with van der Waals surface area (Å²) in [4.78, 5) is 11.5. The molecule has 1 heterocycles. The van der Waals surface area contributed by atoms with Crippen molar-refractivity contribution in [1.82, 2.24) is 16.0 Å². The lowest BCUT2D eigenvalue weighted by molar-refractivity contribution is 0.241. The van der Waals surface area contributed by atoms with Crippen molar-refractivity contribution in [2.24, 2.45) is 0 Å². The molecule has 0 atom stereocenters. The van der Waals surface area contributed by atoms with Crippen LogP contribution in [-0.4, -0.2) is 32.7 Å². The Morgan fingerprint density at radius 2 is 1.95 bits per heavy atom. The lowest BCUT2D eigenvalue weighted by atomic mass is 10.1. The lowest BCUT2D eigenvalue weighted by Crippen LogP contribution is -2.39. The Bertz CT molecular complexity index is 538. The fourth-order valence-electron chi connectivity index (χ4n) is 1.90. The van der Waals surface area contributed by atoms with Crippen molar-refractivity contribution in [1.29, 1.82) is 0 Å². The Balaban J connectivity index is 1.78. The monoisotopic (exact) mass is 277 g/mol. The number of thiophene rings is 1. The van der Waals surface area contributed by atoms with Gasteiger partial charge in [0.25, 0.3) is 0 Å². The van der Waals surface area contributed by atoms with E-state index < -0.39 is 0 Å². The number of nitrogens with one attached hydrogen (secondary N) is 3. The van der Waals surface area contributed by atoms with E-state index in [9.17, 15) is 4.79 Å². The highest BCUT2D eigenvalue weighted by Crippen LogP contribution is 2.25. The molecule has 0 aliphatic carbocycles. The molecular formula is C14H19N3OS. The molecule has 2 amide bonds. The van der Waals surface area contributed by atoms with Gasteiger partial charge in [0, 0.05) is 24.3 Å². The molecule has 1 aromatic carbocycles. The number of likely N-dealkylation sites (N-methyl/N-ethyl adjacent to an activating group) is 1. The highest BCUT2D eigenvalue weighted by Gasteiger charge is 2.04. The van der Waals surface area contributed by atoms with Gasteiger partial charge in [0.05, 0.1) is 0 Å². The second-order valence-corrected chi connectivity index (χ2v) is 5.20. The fourth-order valence-corrected chi connectivity index (χ4v) is 2.90. The van der Waals surface area contributed by atoms with Gasteiger partial charge in [-0.05, 0) is 35.9 Å². The van der Waals surface area contributed by atoms with E-state index in [1.54, 1.807) is 11.3 Å². The summed E-state index contributed by atoms with van der Waals surface area (Å²) in [7, 11) is 1.86. The van der Waals surface area contributed by atoms with Crippen LogP contribution >= 0.6 is 11.3 Å². The van der Waals surface area contributed by atoms with Gasteiger partial charge in [0.2, 0.25) is 0 Å². The summed E-state index contributed by atoms with van der Waals surface area (Å²) < 4.78 is 1.30. The van der Waals surface area contributed by atoms with Crippen LogP contribution in [0.4, 0.5) is 4.79 Å². The number of benzene rings is 1. The van der Waals surface area contributed by atoms with E-state index in [-0.39, 0.29) is 6.03 Å². The van der Waals surface area contributed by atoms with Crippen molar-refractivity contribution in [2.45, 2.75) is 6.42 Å². The van der Waals surface area contributed by atoms with Gasteiger partial charge in [-0.1, -0.05) is 18.2 Å². The van der Waals surface area contributed by atoms with E-state index >= 15 is 0 Å². The second kappa shape index (κ2) is 7.11. The molecule has 19 heavy (non-hydrogen) atoms. The molecule has 2 rings (SSSR count). The lowest BCUT2D eigenvalue weighted by Gasteiger charge is -2.06. The molecule has 0 saturated carbocycles. The molecule has 0 fully saturated rings. The first-order valence-electron chi connectivity index (χ1n) is 6.42. The normalized spacial score (nSPS) is 10.6. The SMILES string of the molecule is CNCCNC(=O)NCCc1csc2ccccc12. The molecule has 0 aliphatic rings. The summed E-state index contributed by atoms with van der Waals surface area (Å²) in [6, 6.07) is 8.26. The summed E-state index contributed by atoms with van der Waals surface area (Å²) in [5.41, 5.74) is 1.30. The maximum absolute atomic E-state index is 11.5. The molecule has 4 nitrogen and oxygen atoms in total. The van der Waals surface area contributed by atoms with Crippen LogP contribution < -0.4 is 16.0 Å². The van der Waals surface area contributed by atoms with Crippen molar-refractivity contribution >= 4 is 27.5 Å². The Morgan fingerprint density at radius 3 is 2.79 bits per heavy atom. The number of fused-ring (bicyclic) bond motifs is 1. The van der Waals surface area contributed by atoms with Crippen LogP contribution in [0.2, 0.25) is 0 Å². The van der Waals surface area contributed by atoms with E-state index in [0.717, 1.165) is 13.0 Å². The molecule has 0 radical (unpaired) electrons. The maximum Gasteiger partial charge on any atom is 0.314 e.